The van der Waals surface area contributed by atoms with Crippen molar-refractivity contribution in [2.45, 2.75) is 13.5 Å². The zero-order valence-corrected chi connectivity index (χ0v) is 12.8. The monoisotopic (exact) mass is 284 g/mol. The molecule has 0 bridgehead atoms. The van der Waals surface area contributed by atoms with Crippen LogP contribution in [0.3, 0.4) is 0 Å². The maximum atomic E-state index is 4.41. The third-order valence-corrected chi connectivity index (χ3v) is 3.53. The lowest BCUT2D eigenvalue weighted by molar-refractivity contribution is 0.814. The van der Waals surface area contributed by atoms with Crippen molar-refractivity contribution in [1.82, 2.24) is 19.5 Å². The van der Waals surface area contributed by atoms with Crippen LogP contribution in [0, 0.1) is 6.92 Å². The Bertz CT molecular complexity index is 768. The quantitative estimate of drug-likeness (QED) is 0.771. The maximum absolute atomic E-state index is 4.41. The summed E-state index contributed by atoms with van der Waals surface area (Å²) in [6, 6.07) is 6.15. The zero-order chi connectivity index (χ0) is 15.0. The number of nitrogens with one attached hydrogen (secondary N) is 2. The Balaban J connectivity index is 1.76. The lowest BCUT2D eigenvalue weighted by Gasteiger charge is -2.13. The molecule has 0 amide bonds. The van der Waals surface area contributed by atoms with Crippen LogP contribution < -0.4 is 10.2 Å². The summed E-state index contributed by atoms with van der Waals surface area (Å²) in [7, 11) is 6.02. The van der Waals surface area contributed by atoms with Gasteiger partial charge in [-0.05, 0) is 25.1 Å². The second kappa shape index (κ2) is 5.12. The second-order valence-electron chi connectivity index (χ2n) is 5.41. The number of anilines is 2. The predicted molar refractivity (Wildman–Crippen MR) is 85.7 cm³/mol. The van der Waals surface area contributed by atoms with Crippen LogP contribution in [0.1, 0.15) is 11.5 Å². The molecule has 0 unspecified atom stereocenters. The van der Waals surface area contributed by atoms with Crippen LogP contribution in [0.2, 0.25) is 0 Å². The number of aryl methyl sites for hydroxylation is 1. The van der Waals surface area contributed by atoms with Crippen molar-refractivity contribution >= 4 is 22.7 Å². The standard InChI is InChI=1S/C15H20N6/c1-10-18-13-6-5-11(7-14(13)19-10)16-8-12-9-17-15(20(2)3)21(12)4/h5-7,9,16H,8H2,1-4H3,(H,18,19). The Hall–Kier alpha value is -2.50. The average Bonchev–Trinajstić information content (AvgIpc) is 2.97. The van der Waals surface area contributed by atoms with E-state index in [1.165, 1.54) is 0 Å². The molecule has 110 valence electrons. The molecule has 0 atom stereocenters. The number of aromatic nitrogens is 4. The number of rotatable bonds is 4. The molecule has 0 fully saturated rings. The van der Waals surface area contributed by atoms with Gasteiger partial charge < -0.3 is 19.8 Å². The Morgan fingerprint density at radius 3 is 2.86 bits per heavy atom. The third kappa shape index (κ3) is 2.56. The molecule has 0 aliphatic heterocycles. The van der Waals surface area contributed by atoms with E-state index in [9.17, 15) is 0 Å². The topological polar surface area (TPSA) is 61.8 Å². The van der Waals surface area contributed by atoms with Gasteiger partial charge in [0.2, 0.25) is 5.95 Å². The number of benzene rings is 1. The SMILES string of the molecule is Cc1nc2ccc(NCc3cnc(N(C)C)n3C)cc2[nH]1. The number of aromatic amines is 1. The Kier molecular flexibility index (Phi) is 3.29. The molecule has 0 spiro atoms. The molecule has 0 saturated carbocycles. The molecule has 0 saturated heterocycles. The highest BCUT2D eigenvalue weighted by Crippen LogP contribution is 2.18. The Morgan fingerprint density at radius 1 is 1.33 bits per heavy atom. The number of fused-ring (bicyclic) bond motifs is 1. The molecule has 21 heavy (non-hydrogen) atoms. The van der Waals surface area contributed by atoms with E-state index in [2.05, 4.69) is 30.9 Å². The molecule has 2 heterocycles. The number of hydrogen-bond donors (Lipinski definition) is 2. The fourth-order valence-electron chi connectivity index (χ4n) is 2.45. The first kappa shape index (κ1) is 13.5. The fourth-order valence-corrected chi connectivity index (χ4v) is 2.45. The van der Waals surface area contributed by atoms with E-state index in [1.54, 1.807) is 0 Å². The molecule has 1 aromatic carbocycles. The van der Waals surface area contributed by atoms with E-state index >= 15 is 0 Å². The van der Waals surface area contributed by atoms with Gasteiger partial charge >= 0.3 is 0 Å². The summed E-state index contributed by atoms with van der Waals surface area (Å²) in [5, 5.41) is 3.43. The Morgan fingerprint density at radius 2 is 2.14 bits per heavy atom. The van der Waals surface area contributed by atoms with E-state index in [0.29, 0.717) is 0 Å². The van der Waals surface area contributed by atoms with Gasteiger partial charge in [0.05, 0.1) is 29.5 Å². The van der Waals surface area contributed by atoms with Crippen LogP contribution in [0.5, 0.6) is 0 Å². The minimum absolute atomic E-state index is 0.732. The smallest absolute Gasteiger partial charge is 0.204 e. The van der Waals surface area contributed by atoms with Crippen molar-refractivity contribution < 1.29 is 0 Å². The number of imidazole rings is 2. The van der Waals surface area contributed by atoms with Crippen molar-refractivity contribution in [1.29, 1.82) is 0 Å². The van der Waals surface area contributed by atoms with Crippen molar-refractivity contribution in [3.63, 3.8) is 0 Å². The van der Waals surface area contributed by atoms with Crippen LogP contribution in [-0.4, -0.2) is 33.6 Å². The minimum atomic E-state index is 0.732. The van der Waals surface area contributed by atoms with E-state index in [0.717, 1.165) is 40.7 Å². The molecule has 3 rings (SSSR count). The van der Waals surface area contributed by atoms with Crippen molar-refractivity contribution in [2.24, 2.45) is 7.05 Å². The summed E-state index contributed by atoms with van der Waals surface area (Å²) in [6.07, 6.45) is 1.90. The third-order valence-electron chi connectivity index (χ3n) is 3.53. The highest BCUT2D eigenvalue weighted by Gasteiger charge is 2.08. The molecule has 6 nitrogen and oxygen atoms in total. The highest BCUT2D eigenvalue weighted by molar-refractivity contribution is 5.79. The van der Waals surface area contributed by atoms with Gasteiger partial charge in [0.25, 0.3) is 0 Å². The van der Waals surface area contributed by atoms with Crippen LogP contribution in [0.15, 0.2) is 24.4 Å². The van der Waals surface area contributed by atoms with Gasteiger partial charge in [0, 0.05) is 26.8 Å². The molecule has 3 aromatic rings. The van der Waals surface area contributed by atoms with Gasteiger partial charge in [-0.15, -0.1) is 0 Å². The van der Waals surface area contributed by atoms with E-state index in [-0.39, 0.29) is 0 Å². The fraction of sp³-hybridized carbons (Fsp3) is 0.333. The molecule has 2 N–H and O–H groups in total. The molecule has 0 aliphatic carbocycles. The lowest BCUT2D eigenvalue weighted by atomic mass is 10.2. The molecule has 6 heteroatoms. The Labute approximate surface area is 123 Å². The summed E-state index contributed by atoms with van der Waals surface area (Å²) < 4.78 is 2.09. The maximum Gasteiger partial charge on any atom is 0.204 e. The number of H-pyrrole nitrogens is 1. The van der Waals surface area contributed by atoms with Crippen molar-refractivity contribution in [3.8, 4) is 0 Å². The van der Waals surface area contributed by atoms with Crippen molar-refractivity contribution in [2.75, 3.05) is 24.3 Å². The summed E-state index contributed by atoms with van der Waals surface area (Å²) in [6.45, 7) is 2.70. The second-order valence-corrected chi connectivity index (χ2v) is 5.41. The normalized spacial score (nSPS) is 11.0. The molecule has 0 aliphatic rings. The van der Waals surface area contributed by atoms with E-state index < -0.39 is 0 Å². The summed E-state index contributed by atoms with van der Waals surface area (Å²) in [5.41, 5.74) is 4.25. The van der Waals surface area contributed by atoms with Gasteiger partial charge in [0.1, 0.15) is 5.82 Å². The molecule has 0 radical (unpaired) electrons. The van der Waals surface area contributed by atoms with Crippen molar-refractivity contribution in [3.05, 3.63) is 35.9 Å². The first-order valence-corrected chi connectivity index (χ1v) is 6.93. The number of nitrogens with zero attached hydrogens (tertiary/aromatic N) is 4. The minimum Gasteiger partial charge on any atom is -0.379 e. The molecular formula is C15H20N6. The predicted octanol–water partition coefficient (Wildman–Crippen LogP) is 2.28. The number of hydrogen-bond acceptors (Lipinski definition) is 4. The van der Waals surface area contributed by atoms with Crippen LogP contribution in [0.25, 0.3) is 11.0 Å². The van der Waals surface area contributed by atoms with Gasteiger partial charge in [-0.3, -0.25) is 0 Å². The van der Waals surface area contributed by atoms with E-state index in [4.69, 9.17) is 0 Å². The summed E-state index contributed by atoms with van der Waals surface area (Å²) >= 11 is 0. The first-order valence-electron chi connectivity index (χ1n) is 6.93. The molecular weight excluding hydrogens is 264 g/mol. The van der Waals surface area contributed by atoms with Gasteiger partial charge in [-0.25, -0.2) is 9.97 Å². The van der Waals surface area contributed by atoms with Gasteiger partial charge in [0.15, 0.2) is 0 Å². The summed E-state index contributed by atoms with van der Waals surface area (Å²) in [5.74, 6) is 1.89. The average molecular weight is 284 g/mol. The van der Waals surface area contributed by atoms with Gasteiger partial charge in [-0.1, -0.05) is 0 Å². The van der Waals surface area contributed by atoms with E-state index in [1.807, 2.05) is 51.3 Å². The van der Waals surface area contributed by atoms with Crippen LogP contribution >= 0.6 is 0 Å². The van der Waals surface area contributed by atoms with Crippen LogP contribution in [-0.2, 0) is 13.6 Å². The largest absolute Gasteiger partial charge is 0.379 e. The first-order chi connectivity index (χ1) is 10.0. The lowest BCUT2D eigenvalue weighted by Crippen LogP contribution is -2.15. The van der Waals surface area contributed by atoms with Gasteiger partial charge in [-0.2, -0.15) is 0 Å². The summed E-state index contributed by atoms with van der Waals surface area (Å²) in [4.78, 5) is 14.1. The zero-order valence-electron chi connectivity index (χ0n) is 12.8. The highest BCUT2D eigenvalue weighted by atomic mass is 15.3. The van der Waals surface area contributed by atoms with Crippen LogP contribution in [0.4, 0.5) is 11.6 Å². The molecule has 2 aromatic heterocycles.